The smallest absolute Gasteiger partial charge is 0.184 e. The summed E-state index contributed by atoms with van der Waals surface area (Å²) in [6, 6.07) is 7.89. The third-order valence-electron chi connectivity index (χ3n) is 2.01. The van der Waals surface area contributed by atoms with Gasteiger partial charge in [0.05, 0.1) is 7.11 Å². The van der Waals surface area contributed by atoms with E-state index in [-0.39, 0.29) is 0 Å². The Morgan fingerprint density at radius 3 is 2.62 bits per heavy atom. The highest BCUT2D eigenvalue weighted by Crippen LogP contribution is 2.19. The van der Waals surface area contributed by atoms with Crippen LogP contribution in [0, 0.1) is 0 Å². The Hall–Kier alpha value is -1.35. The average molecular weight is 281 g/mol. The van der Waals surface area contributed by atoms with Gasteiger partial charge in [0.25, 0.3) is 0 Å². The first kappa shape index (κ1) is 12.7. The van der Waals surface area contributed by atoms with Crippen molar-refractivity contribution in [3.63, 3.8) is 0 Å². The van der Waals surface area contributed by atoms with Crippen molar-refractivity contribution in [1.82, 2.24) is 0 Å². The lowest BCUT2D eigenvalue weighted by Crippen LogP contribution is -1.88. The van der Waals surface area contributed by atoms with E-state index in [2.05, 4.69) is 15.9 Å². The summed E-state index contributed by atoms with van der Waals surface area (Å²) in [5.41, 5.74) is 2.02. The number of benzene rings is 1. The number of carbonyl (C=O) groups is 1. The van der Waals surface area contributed by atoms with Crippen molar-refractivity contribution >= 4 is 28.3 Å². The largest absolute Gasteiger partial charge is 0.493 e. The van der Waals surface area contributed by atoms with E-state index in [1.165, 1.54) is 7.11 Å². The first-order valence-electron chi connectivity index (χ1n) is 4.81. The van der Waals surface area contributed by atoms with E-state index in [9.17, 15) is 4.79 Å². The van der Waals surface area contributed by atoms with E-state index in [4.69, 9.17) is 4.74 Å². The summed E-state index contributed by atoms with van der Waals surface area (Å²) < 4.78 is 5.90. The third kappa shape index (κ3) is 3.66. The maximum Gasteiger partial charge on any atom is 0.184 e. The summed E-state index contributed by atoms with van der Waals surface area (Å²) in [7, 11) is 1.48. The van der Waals surface area contributed by atoms with Crippen molar-refractivity contribution in [2.45, 2.75) is 6.92 Å². The lowest BCUT2D eigenvalue weighted by Gasteiger charge is -2.00. The number of rotatable bonds is 4. The second-order valence-electron chi connectivity index (χ2n) is 3.28. The van der Waals surface area contributed by atoms with Crippen LogP contribution in [0.3, 0.4) is 0 Å². The number of methoxy groups -OCH3 is 1. The highest BCUT2D eigenvalue weighted by Gasteiger charge is 1.96. The minimum Gasteiger partial charge on any atom is -0.493 e. The fraction of sp³-hybridized carbons (Fsp3) is 0.154. The molecule has 0 heterocycles. The molecule has 0 aliphatic carbocycles. The molecule has 0 aliphatic rings. The van der Waals surface area contributed by atoms with E-state index in [0.29, 0.717) is 12.0 Å². The van der Waals surface area contributed by atoms with Crippen LogP contribution in [0.15, 0.2) is 46.1 Å². The van der Waals surface area contributed by atoms with Crippen molar-refractivity contribution in [1.29, 1.82) is 0 Å². The summed E-state index contributed by atoms with van der Waals surface area (Å²) in [4.78, 5) is 10.6. The maximum atomic E-state index is 10.6. The van der Waals surface area contributed by atoms with Gasteiger partial charge in [-0.15, -0.1) is 0 Å². The zero-order chi connectivity index (χ0) is 12.0. The molecule has 1 rings (SSSR count). The van der Waals surface area contributed by atoms with E-state index < -0.39 is 0 Å². The Balaban J connectivity index is 2.97. The van der Waals surface area contributed by atoms with E-state index in [1.54, 1.807) is 6.08 Å². The van der Waals surface area contributed by atoms with E-state index >= 15 is 0 Å². The van der Waals surface area contributed by atoms with Crippen molar-refractivity contribution in [2.24, 2.45) is 0 Å². The molecule has 3 heteroatoms. The van der Waals surface area contributed by atoms with E-state index in [1.807, 2.05) is 37.3 Å². The van der Waals surface area contributed by atoms with Gasteiger partial charge >= 0.3 is 0 Å². The minimum atomic E-state index is 0.320. The molecule has 0 atom stereocenters. The van der Waals surface area contributed by atoms with Crippen molar-refractivity contribution in [3.8, 4) is 0 Å². The van der Waals surface area contributed by atoms with Crippen molar-refractivity contribution in [2.75, 3.05) is 7.11 Å². The zero-order valence-electron chi connectivity index (χ0n) is 9.24. The molecule has 16 heavy (non-hydrogen) atoms. The molecule has 0 radical (unpaired) electrons. The summed E-state index contributed by atoms with van der Waals surface area (Å²) in [5.74, 6) is 0.320. The van der Waals surface area contributed by atoms with Gasteiger partial charge in [0, 0.05) is 4.47 Å². The van der Waals surface area contributed by atoms with Crippen LogP contribution in [0.1, 0.15) is 12.5 Å². The predicted molar refractivity (Wildman–Crippen MR) is 68.9 cm³/mol. The van der Waals surface area contributed by atoms with Crippen LogP contribution in [0.2, 0.25) is 0 Å². The SMILES string of the molecule is CO/C(C=O)=C\C(C)=C\c1ccccc1Br. The molecule has 84 valence electrons. The fourth-order valence-electron chi connectivity index (χ4n) is 1.24. The summed E-state index contributed by atoms with van der Waals surface area (Å²) >= 11 is 3.46. The average Bonchev–Trinajstić information content (AvgIpc) is 2.29. The third-order valence-corrected chi connectivity index (χ3v) is 2.73. The van der Waals surface area contributed by atoms with Gasteiger partial charge in [-0.05, 0) is 30.2 Å². The van der Waals surface area contributed by atoms with Crippen LogP contribution < -0.4 is 0 Å². The molecule has 0 spiro atoms. The molecule has 2 nitrogen and oxygen atoms in total. The van der Waals surface area contributed by atoms with Gasteiger partial charge in [-0.1, -0.05) is 40.2 Å². The molecule has 0 unspecified atom stereocenters. The number of carbonyl (C=O) groups excluding carboxylic acids is 1. The topological polar surface area (TPSA) is 26.3 Å². The van der Waals surface area contributed by atoms with Gasteiger partial charge in [-0.3, -0.25) is 4.79 Å². The Kier molecular flexibility index (Phi) is 4.99. The van der Waals surface area contributed by atoms with Gasteiger partial charge < -0.3 is 4.74 Å². The van der Waals surface area contributed by atoms with Gasteiger partial charge in [-0.2, -0.15) is 0 Å². The van der Waals surface area contributed by atoms with Crippen LogP contribution in [0.4, 0.5) is 0 Å². The lowest BCUT2D eigenvalue weighted by atomic mass is 10.1. The van der Waals surface area contributed by atoms with E-state index in [0.717, 1.165) is 15.6 Å². The Morgan fingerprint density at radius 2 is 2.06 bits per heavy atom. The lowest BCUT2D eigenvalue weighted by molar-refractivity contribution is -0.107. The minimum absolute atomic E-state index is 0.320. The van der Waals surface area contributed by atoms with Crippen LogP contribution in [0.25, 0.3) is 6.08 Å². The second-order valence-corrected chi connectivity index (χ2v) is 4.13. The fourth-order valence-corrected chi connectivity index (χ4v) is 1.64. The van der Waals surface area contributed by atoms with Crippen LogP contribution in [-0.2, 0) is 9.53 Å². The summed E-state index contributed by atoms with van der Waals surface area (Å²) in [5, 5.41) is 0. The molecule has 0 amide bonds. The van der Waals surface area contributed by atoms with Gasteiger partial charge in [-0.25, -0.2) is 0 Å². The molecule has 0 N–H and O–H groups in total. The molecule has 0 aromatic heterocycles. The maximum absolute atomic E-state index is 10.6. The molecule has 0 saturated heterocycles. The quantitative estimate of drug-likeness (QED) is 0.365. The van der Waals surface area contributed by atoms with Gasteiger partial charge in [0.2, 0.25) is 0 Å². The number of halogens is 1. The molecule has 0 aliphatic heterocycles. The number of hydrogen-bond acceptors (Lipinski definition) is 2. The van der Waals surface area contributed by atoms with Crippen molar-refractivity contribution in [3.05, 3.63) is 51.7 Å². The predicted octanol–water partition coefficient (Wildman–Crippen LogP) is 3.58. The van der Waals surface area contributed by atoms with Crippen LogP contribution >= 0.6 is 15.9 Å². The standard InChI is InChI=1S/C13H13BrO2/c1-10(8-12(9-15)16-2)7-11-5-3-4-6-13(11)14/h3-9H,1-2H3/b10-7+,12-8-. The number of ether oxygens (including phenoxy) is 1. The number of allylic oxidation sites excluding steroid dienone is 3. The Bertz CT molecular complexity index is 433. The Labute approximate surface area is 104 Å². The first-order valence-corrected chi connectivity index (χ1v) is 5.60. The molecule has 0 bridgehead atoms. The first-order chi connectivity index (χ1) is 7.67. The summed E-state index contributed by atoms with van der Waals surface area (Å²) in [6.07, 6.45) is 4.37. The van der Waals surface area contributed by atoms with Crippen LogP contribution in [-0.4, -0.2) is 13.4 Å². The highest BCUT2D eigenvalue weighted by atomic mass is 79.9. The molecule has 1 aromatic rings. The molecule has 0 saturated carbocycles. The van der Waals surface area contributed by atoms with Gasteiger partial charge in [0.1, 0.15) is 0 Å². The number of hydrogen-bond donors (Lipinski definition) is 0. The molecule has 0 fully saturated rings. The van der Waals surface area contributed by atoms with Gasteiger partial charge in [0.15, 0.2) is 12.0 Å². The van der Waals surface area contributed by atoms with Crippen molar-refractivity contribution < 1.29 is 9.53 Å². The second kappa shape index (κ2) is 6.28. The monoisotopic (exact) mass is 280 g/mol. The molecule has 1 aromatic carbocycles. The molecular formula is C13H13BrO2. The summed E-state index contributed by atoms with van der Waals surface area (Å²) in [6.45, 7) is 1.92. The molecular weight excluding hydrogens is 268 g/mol. The normalized spacial score (nSPS) is 12.4. The Morgan fingerprint density at radius 1 is 1.38 bits per heavy atom. The number of aldehydes is 1. The zero-order valence-corrected chi connectivity index (χ0v) is 10.8. The highest BCUT2D eigenvalue weighted by molar-refractivity contribution is 9.10. The van der Waals surface area contributed by atoms with Crippen LogP contribution in [0.5, 0.6) is 0 Å².